The molecule has 0 saturated carbocycles. The van der Waals surface area contributed by atoms with Crippen LogP contribution in [-0.4, -0.2) is 48.8 Å². The number of oxazole rings is 1. The molecule has 0 radical (unpaired) electrons. The van der Waals surface area contributed by atoms with E-state index in [4.69, 9.17) is 4.42 Å². The van der Waals surface area contributed by atoms with Crippen molar-refractivity contribution in [3.8, 4) is 11.4 Å². The second-order valence-electron chi connectivity index (χ2n) is 7.56. The topological polar surface area (TPSA) is 112 Å². The van der Waals surface area contributed by atoms with Crippen LogP contribution in [0.4, 0.5) is 0 Å². The molecule has 30 heavy (non-hydrogen) atoms. The summed E-state index contributed by atoms with van der Waals surface area (Å²) in [7, 11) is 1.81. The maximum atomic E-state index is 12.7. The first-order chi connectivity index (χ1) is 14.7. The number of carbonyl (C=O) groups excluding carboxylic acids is 1. The molecule has 0 atom stereocenters. The van der Waals surface area contributed by atoms with E-state index in [1.807, 2.05) is 25.4 Å². The molecule has 4 aromatic heterocycles. The molecule has 1 N–H and O–H groups in total. The lowest BCUT2D eigenvalue weighted by atomic mass is 9.98. The second-order valence-corrected chi connectivity index (χ2v) is 7.56. The summed E-state index contributed by atoms with van der Waals surface area (Å²) in [6.07, 6.45) is 8.87. The normalized spacial score (nSPS) is 15.0. The van der Waals surface area contributed by atoms with Gasteiger partial charge in [-0.15, -0.1) is 5.10 Å². The number of carbonyl (C=O) groups is 1. The van der Waals surface area contributed by atoms with Crippen molar-refractivity contribution < 1.29 is 9.21 Å². The number of fused-ring (bicyclic) bond motifs is 1. The zero-order valence-corrected chi connectivity index (χ0v) is 16.6. The summed E-state index contributed by atoms with van der Waals surface area (Å²) < 4.78 is 7.23. The van der Waals surface area contributed by atoms with Gasteiger partial charge in [0, 0.05) is 36.4 Å². The SMILES string of the molecule is Cn1cc(-c2cc3cc(CC(=O)c4coc(C5CCNCC5)n4)ncc3cn2)nn1. The van der Waals surface area contributed by atoms with E-state index in [9.17, 15) is 4.79 Å². The van der Waals surface area contributed by atoms with Crippen molar-refractivity contribution >= 4 is 16.6 Å². The van der Waals surface area contributed by atoms with Crippen LogP contribution in [0.1, 0.15) is 40.8 Å². The third-order valence-corrected chi connectivity index (χ3v) is 5.36. The summed E-state index contributed by atoms with van der Waals surface area (Å²) in [6.45, 7) is 1.89. The number of nitrogens with zero attached hydrogens (tertiary/aromatic N) is 6. The average molecular weight is 403 g/mol. The summed E-state index contributed by atoms with van der Waals surface area (Å²) in [5.41, 5.74) is 2.46. The van der Waals surface area contributed by atoms with Gasteiger partial charge in [-0.2, -0.15) is 0 Å². The van der Waals surface area contributed by atoms with Gasteiger partial charge in [0.25, 0.3) is 0 Å². The Morgan fingerprint density at radius 2 is 2.00 bits per heavy atom. The van der Waals surface area contributed by atoms with Crippen LogP contribution in [0, 0.1) is 0 Å². The minimum atomic E-state index is -0.103. The van der Waals surface area contributed by atoms with Crippen molar-refractivity contribution in [1.29, 1.82) is 0 Å². The molecule has 1 aliphatic rings. The van der Waals surface area contributed by atoms with E-state index in [0.29, 0.717) is 23.0 Å². The van der Waals surface area contributed by atoms with Crippen LogP contribution in [0.3, 0.4) is 0 Å². The molecule has 5 heterocycles. The van der Waals surface area contributed by atoms with Crippen molar-refractivity contribution in [3.05, 3.63) is 54.3 Å². The molecule has 152 valence electrons. The smallest absolute Gasteiger partial charge is 0.197 e. The zero-order chi connectivity index (χ0) is 20.5. The van der Waals surface area contributed by atoms with Gasteiger partial charge in [0.05, 0.1) is 18.3 Å². The molecule has 4 aromatic rings. The number of aromatic nitrogens is 6. The number of ketones is 1. The monoisotopic (exact) mass is 403 g/mol. The summed E-state index contributed by atoms with van der Waals surface area (Å²) >= 11 is 0. The minimum absolute atomic E-state index is 0.103. The van der Waals surface area contributed by atoms with Gasteiger partial charge in [-0.1, -0.05) is 5.21 Å². The first-order valence-corrected chi connectivity index (χ1v) is 9.96. The van der Waals surface area contributed by atoms with Crippen LogP contribution in [0.15, 0.2) is 41.4 Å². The van der Waals surface area contributed by atoms with E-state index in [0.717, 1.165) is 42.4 Å². The lowest BCUT2D eigenvalue weighted by Gasteiger charge is -2.19. The van der Waals surface area contributed by atoms with Crippen LogP contribution in [0.25, 0.3) is 22.2 Å². The third-order valence-electron chi connectivity index (χ3n) is 5.36. The highest BCUT2D eigenvalue weighted by Gasteiger charge is 2.22. The fraction of sp³-hybridized carbons (Fsp3) is 0.333. The van der Waals surface area contributed by atoms with Crippen LogP contribution in [0.2, 0.25) is 0 Å². The molecule has 1 fully saturated rings. The fourth-order valence-electron chi connectivity index (χ4n) is 3.71. The Labute approximate surface area is 172 Å². The number of aryl methyl sites for hydroxylation is 1. The molecule has 9 nitrogen and oxygen atoms in total. The van der Waals surface area contributed by atoms with Crippen LogP contribution < -0.4 is 5.32 Å². The second kappa shape index (κ2) is 7.75. The Hall–Kier alpha value is -3.46. The Morgan fingerprint density at radius 1 is 1.17 bits per heavy atom. The highest BCUT2D eigenvalue weighted by molar-refractivity contribution is 5.96. The quantitative estimate of drug-likeness (QED) is 0.505. The predicted molar refractivity (Wildman–Crippen MR) is 109 cm³/mol. The molecule has 9 heteroatoms. The number of Topliss-reactive ketones (excluding diaryl/α,β-unsaturated/α-hetero) is 1. The molecule has 1 saturated heterocycles. The van der Waals surface area contributed by atoms with Crippen molar-refractivity contribution in [3.63, 3.8) is 0 Å². The number of pyridine rings is 2. The van der Waals surface area contributed by atoms with E-state index in [-0.39, 0.29) is 18.1 Å². The van der Waals surface area contributed by atoms with Crippen molar-refractivity contribution in [2.24, 2.45) is 7.05 Å². The van der Waals surface area contributed by atoms with Gasteiger partial charge in [-0.05, 0) is 43.5 Å². The maximum Gasteiger partial charge on any atom is 0.197 e. The van der Waals surface area contributed by atoms with Crippen molar-refractivity contribution in [2.45, 2.75) is 25.2 Å². The standard InChI is InChI=1S/C21H21N7O2/c1-28-11-18(26-27-28)17-7-14-6-16(23-9-15(14)10-24-17)8-20(29)19-12-30-21(25-19)13-2-4-22-5-3-13/h6-7,9-13,22H,2-5,8H2,1H3. The van der Waals surface area contributed by atoms with E-state index < -0.39 is 0 Å². The number of piperidine rings is 1. The number of rotatable bonds is 5. The van der Waals surface area contributed by atoms with Gasteiger partial charge >= 0.3 is 0 Å². The van der Waals surface area contributed by atoms with Crippen LogP contribution >= 0.6 is 0 Å². The molecule has 0 amide bonds. The van der Waals surface area contributed by atoms with Crippen LogP contribution in [0.5, 0.6) is 0 Å². The van der Waals surface area contributed by atoms with E-state index >= 15 is 0 Å². The van der Waals surface area contributed by atoms with Crippen molar-refractivity contribution in [1.82, 2.24) is 35.3 Å². The minimum Gasteiger partial charge on any atom is -0.448 e. The van der Waals surface area contributed by atoms with Gasteiger partial charge < -0.3 is 9.73 Å². The van der Waals surface area contributed by atoms with Gasteiger partial charge in [0.1, 0.15) is 17.7 Å². The van der Waals surface area contributed by atoms with Gasteiger partial charge in [-0.3, -0.25) is 19.4 Å². The lowest BCUT2D eigenvalue weighted by Crippen LogP contribution is -2.26. The van der Waals surface area contributed by atoms with Gasteiger partial charge in [0.2, 0.25) is 0 Å². The molecular weight excluding hydrogens is 382 g/mol. The number of hydrogen-bond donors (Lipinski definition) is 1. The maximum absolute atomic E-state index is 12.7. The molecular formula is C21H21N7O2. The Balaban J connectivity index is 1.35. The largest absolute Gasteiger partial charge is 0.448 e. The molecule has 0 aliphatic carbocycles. The highest BCUT2D eigenvalue weighted by Crippen LogP contribution is 2.25. The fourth-order valence-corrected chi connectivity index (χ4v) is 3.71. The highest BCUT2D eigenvalue weighted by atomic mass is 16.3. The van der Waals surface area contributed by atoms with Gasteiger partial charge in [0.15, 0.2) is 11.7 Å². The van der Waals surface area contributed by atoms with E-state index in [2.05, 4.69) is 30.6 Å². The Bertz CT molecular complexity index is 1210. The molecule has 0 aromatic carbocycles. The lowest BCUT2D eigenvalue weighted by molar-refractivity contribution is 0.0987. The molecule has 1 aliphatic heterocycles. The third kappa shape index (κ3) is 3.71. The van der Waals surface area contributed by atoms with Crippen molar-refractivity contribution in [2.75, 3.05) is 13.1 Å². The Kier molecular flexibility index (Phi) is 4.80. The number of hydrogen-bond acceptors (Lipinski definition) is 8. The predicted octanol–water partition coefficient (Wildman–Crippen LogP) is 2.31. The first-order valence-electron chi connectivity index (χ1n) is 9.96. The Morgan fingerprint density at radius 3 is 2.80 bits per heavy atom. The van der Waals surface area contributed by atoms with E-state index in [1.54, 1.807) is 17.1 Å². The molecule has 5 rings (SSSR count). The summed E-state index contributed by atoms with van der Waals surface area (Å²) in [5.74, 6) is 0.832. The molecule has 0 spiro atoms. The molecule has 0 unspecified atom stereocenters. The van der Waals surface area contributed by atoms with E-state index in [1.165, 1.54) is 6.26 Å². The summed E-state index contributed by atoms with van der Waals surface area (Å²) in [4.78, 5) is 26.0. The number of nitrogens with one attached hydrogen (secondary N) is 1. The summed E-state index contributed by atoms with van der Waals surface area (Å²) in [6, 6.07) is 3.84. The zero-order valence-electron chi connectivity index (χ0n) is 16.6. The average Bonchev–Trinajstić information content (AvgIpc) is 3.43. The van der Waals surface area contributed by atoms with Gasteiger partial charge in [-0.25, -0.2) is 4.98 Å². The van der Waals surface area contributed by atoms with Crippen LogP contribution in [-0.2, 0) is 13.5 Å². The molecule has 0 bridgehead atoms. The summed E-state index contributed by atoms with van der Waals surface area (Å²) in [5, 5.41) is 13.2. The first kappa shape index (κ1) is 18.6.